The van der Waals surface area contributed by atoms with Crippen LogP contribution in [0.5, 0.6) is 0 Å². The summed E-state index contributed by atoms with van der Waals surface area (Å²) in [6.45, 7) is 12.6. The first-order valence-corrected chi connectivity index (χ1v) is 12.3. The molecule has 1 aromatic carbocycles. The zero-order valence-electron chi connectivity index (χ0n) is 20.0. The monoisotopic (exact) mass is 558 g/mol. The Labute approximate surface area is 211 Å². The highest BCUT2D eigenvalue weighted by Crippen LogP contribution is 2.21. The second-order valence-corrected chi connectivity index (χ2v) is 8.68. The van der Waals surface area contributed by atoms with Gasteiger partial charge in [-0.2, -0.15) is 0 Å². The maximum absolute atomic E-state index is 5.88. The zero-order valence-corrected chi connectivity index (χ0v) is 22.3. The third-order valence-corrected chi connectivity index (χ3v) is 6.40. The molecule has 182 valence electrons. The second kappa shape index (κ2) is 15.9. The summed E-state index contributed by atoms with van der Waals surface area (Å²) in [7, 11) is 0. The van der Waals surface area contributed by atoms with Crippen LogP contribution in [0, 0.1) is 5.92 Å². The van der Waals surface area contributed by atoms with E-state index >= 15 is 0 Å². The maximum atomic E-state index is 5.88. The molecule has 2 heterocycles. The van der Waals surface area contributed by atoms with E-state index in [0.29, 0.717) is 12.0 Å². The minimum atomic E-state index is 0. The summed E-state index contributed by atoms with van der Waals surface area (Å²) >= 11 is 0. The lowest BCUT2D eigenvalue weighted by Crippen LogP contribution is -2.43. The summed E-state index contributed by atoms with van der Waals surface area (Å²) in [5.41, 5.74) is 2.98. The molecular weight excluding hydrogens is 515 g/mol. The normalized spacial score (nSPS) is 18.5. The number of nitrogens with one attached hydrogen (secondary N) is 2. The van der Waals surface area contributed by atoms with Crippen LogP contribution in [0.4, 0.5) is 0 Å². The minimum absolute atomic E-state index is 0. The molecule has 0 aromatic heterocycles. The molecule has 32 heavy (non-hydrogen) atoms. The van der Waals surface area contributed by atoms with Crippen LogP contribution < -0.4 is 10.6 Å². The summed E-state index contributed by atoms with van der Waals surface area (Å²) < 4.78 is 11.3. The maximum Gasteiger partial charge on any atom is 0.191 e. The van der Waals surface area contributed by atoms with Gasteiger partial charge in [0.05, 0.1) is 6.54 Å². The van der Waals surface area contributed by atoms with Gasteiger partial charge in [-0.1, -0.05) is 31.2 Å². The summed E-state index contributed by atoms with van der Waals surface area (Å²) in [6, 6.07) is 9.33. The standard InChI is InChI=1S/C25H42N4O2.HI/c1-3-24(29-14-10-22-8-5-6-9-23(22)19-29)18-28-25(26-4-2)27-13-7-15-31-20-21-11-16-30-17-12-21;/h5-6,8-9,21,24H,3-4,7,10-20H2,1-2H3,(H2,26,27,28);1H. The first-order valence-electron chi connectivity index (χ1n) is 12.3. The van der Waals surface area contributed by atoms with Crippen LogP contribution in [0.2, 0.25) is 0 Å². The van der Waals surface area contributed by atoms with E-state index < -0.39 is 0 Å². The number of halogens is 1. The van der Waals surface area contributed by atoms with Gasteiger partial charge >= 0.3 is 0 Å². The largest absolute Gasteiger partial charge is 0.381 e. The number of aliphatic imine (C=N–C) groups is 1. The molecule has 1 unspecified atom stereocenters. The van der Waals surface area contributed by atoms with E-state index in [1.807, 2.05) is 0 Å². The molecule has 1 saturated heterocycles. The molecule has 1 fully saturated rings. The summed E-state index contributed by atoms with van der Waals surface area (Å²) in [5, 5.41) is 6.87. The van der Waals surface area contributed by atoms with Crippen LogP contribution in [0.25, 0.3) is 0 Å². The number of rotatable bonds is 11. The van der Waals surface area contributed by atoms with Crippen molar-refractivity contribution in [3.8, 4) is 0 Å². The Bertz CT molecular complexity index is 667. The van der Waals surface area contributed by atoms with E-state index in [4.69, 9.17) is 14.5 Å². The fourth-order valence-corrected chi connectivity index (χ4v) is 4.41. The van der Waals surface area contributed by atoms with E-state index in [-0.39, 0.29) is 24.0 Å². The van der Waals surface area contributed by atoms with E-state index in [0.717, 1.165) is 97.2 Å². The first-order chi connectivity index (χ1) is 15.3. The molecular formula is C25H43IN4O2. The number of guanidine groups is 1. The van der Waals surface area contributed by atoms with Crippen LogP contribution in [-0.4, -0.2) is 69.5 Å². The van der Waals surface area contributed by atoms with Gasteiger partial charge in [0, 0.05) is 58.6 Å². The van der Waals surface area contributed by atoms with Crippen molar-refractivity contribution in [2.24, 2.45) is 10.9 Å². The van der Waals surface area contributed by atoms with Crippen molar-refractivity contribution in [2.75, 3.05) is 52.6 Å². The second-order valence-electron chi connectivity index (χ2n) is 8.68. The summed E-state index contributed by atoms with van der Waals surface area (Å²) in [4.78, 5) is 7.50. The summed E-state index contributed by atoms with van der Waals surface area (Å²) in [5.74, 6) is 1.59. The van der Waals surface area contributed by atoms with Crippen LogP contribution in [0.15, 0.2) is 29.3 Å². The number of hydrogen-bond donors (Lipinski definition) is 2. The Kier molecular flexibility index (Phi) is 13.5. The van der Waals surface area contributed by atoms with E-state index in [1.54, 1.807) is 0 Å². The van der Waals surface area contributed by atoms with E-state index in [1.165, 1.54) is 11.1 Å². The first kappa shape index (κ1) is 27.3. The zero-order chi connectivity index (χ0) is 21.7. The van der Waals surface area contributed by atoms with Crippen molar-refractivity contribution in [3.05, 3.63) is 35.4 Å². The highest BCUT2D eigenvalue weighted by molar-refractivity contribution is 14.0. The lowest BCUT2D eigenvalue weighted by Gasteiger charge is -2.34. The van der Waals surface area contributed by atoms with Crippen molar-refractivity contribution in [1.82, 2.24) is 15.5 Å². The van der Waals surface area contributed by atoms with Crippen molar-refractivity contribution in [3.63, 3.8) is 0 Å². The molecule has 0 saturated carbocycles. The van der Waals surface area contributed by atoms with Crippen LogP contribution in [-0.2, 0) is 22.4 Å². The molecule has 0 amide bonds. The SMILES string of the molecule is CCNC(=NCC(CC)N1CCc2ccccc2C1)NCCCOCC1CCOCC1.I. The molecule has 0 aliphatic carbocycles. The van der Waals surface area contributed by atoms with E-state index in [9.17, 15) is 0 Å². The Morgan fingerprint density at radius 3 is 2.72 bits per heavy atom. The van der Waals surface area contributed by atoms with Crippen molar-refractivity contribution in [1.29, 1.82) is 0 Å². The fourth-order valence-electron chi connectivity index (χ4n) is 4.41. The van der Waals surface area contributed by atoms with Crippen molar-refractivity contribution >= 4 is 29.9 Å². The molecule has 7 heteroatoms. The average molecular weight is 559 g/mol. The lowest BCUT2D eigenvalue weighted by molar-refractivity contribution is 0.0203. The van der Waals surface area contributed by atoms with Gasteiger partial charge in [0.2, 0.25) is 0 Å². The third-order valence-electron chi connectivity index (χ3n) is 6.40. The quantitative estimate of drug-likeness (QED) is 0.187. The number of hydrogen-bond acceptors (Lipinski definition) is 4. The fraction of sp³-hybridized carbons (Fsp3) is 0.720. The topological polar surface area (TPSA) is 58.1 Å². The van der Waals surface area contributed by atoms with Gasteiger partial charge in [0.1, 0.15) is 0 Å². The Balaban J connectivity index is 0.00000363. The molecule has 0 bridgehead atoms. The number of benzene rings is 1. The van der Waals surface area contributed by atoms with Gasteiger partial charge in [0.15, 0.2) is 5.96 Å². The molecule has 0 radical (unpaired) electrons. The van der Waals surface area contributed by atoms with Gasteiger partial charge in [-0.25, -0.2) is 0 Å². The van der Waals surface area contributed by atoms with Crippen molar-refractivity contribution in [2.45, 2.75) is 58.5 Å². The Hall–Kier alpha value is -0.900. The molecule has 1 aromatic rings. The number of ether oxygens (including phenoxy) is 2. The van der Waals surface area contributed by atoms with Crippen LogP contribution in [0.3, 0.4) is 0 Å². The predicted octanol–water partition coefficient (Wildman–Crippen LogP) is 3.83. The smallest absolute Gasteiger partial charge is 0.191 e. The molecule has 2 aliphatic heterocycles. The Morgan fingerprint density at radius 1 is 1.19 bits per heavy atom. The Morgan fingerprint density at radius 2 is 1.97 bits per heavy atom. The van der Waals surface area contributed by atoms with Gasteiger partial charge < -0.3 is 20.1 Å². The molecule has 6 nitrogen and oxygen atoms in total. The highest BCUT2D eigenvalue weighted by Gasteiger charge is 2.22. The van der Waals surface area contributed by atoms with Crippen molar-refractivity contribution < 1.29 is 9.47 Å². The molecule has 2 N–H and O–H groups in total. The lowest BCUT2D eigenvalue weighted by atomic mass is 9.98. The average Bonchev–Trinajstić information content (AvgIpc) is 2.82. The number of fused-ring (bicyclic) bond motifs is 1. The van der Waals surface area contributed by atoms with Gasteiger partial charge in [-0.15, -0.1) is 24.0 Å². The van der Waals surface area contributed by atoms with E-state index in [2.05, 4.69) is 53.6 Å². The highest BCUT2D eigenvalue weighted by atomic mass is 127. The van der Waals surface area contributed by atoms with Gasteiger partial charge in [-0.3, -0.25) is 9.89 Å². The van der Waals surface area contributed by atoms with Gasteiger partial charge in [-0.05, 0) is 56.1 Å². The predicted molar refractivity (Wildman–Crippen MR) is 143 cm³/mol. The molecule has 3 rings (SSSR count). The summed E-state index contributed by atoms with van der Waals surface area (Å²) in [6.07, 6.45) is 5.52. The molecule has 1 atom stereocenters. The van der Waals surface area contributed by atoms with Crippen LogP contribution in [0.1, 0.15) is 50.7 Å². The minimum Gasteiger partial charge on any atom is -0.381 e. The third kappa shape index (κ3) is 9.15. The van der Waals surface area contributed by atoms with Gasteiger partial charge in [0.25, 0.3) is 0 Å². The van der Waals surface area contributed by atoms with Crippen LogP contribution >= 0.6 is 24.0 Å². The molecule has 2 aliphatic rings. The molecule has 0 spiro atoms. The number of nitrogens with zero attached hydrogens (tertiary/aromatic N) is 2.